The molecule has 5 heterocycles. The van der Waals surface area contributed by atoms with E-state index in [2.05, 4.69) is 30.1 Å². The van der Waals surface area contributed by atoms with Gasteiger partial charge in [0.05, 0.1) is 48.1 Å². The SMILES string of the molecule is COc1nccc(N2C[C@@H]3C[C@H]2CN3c2nc3c([C@@H](C)Nc4ccc(Cl)nc4C(=O)NS(C)(=O)=O)cc(C)cc3c(=O)n2C)n1. The number of fused-ring (bicyclic) bond motifs is 3. The Morgan fingerprint density at radius 1 is 1.11 bits per heavy atom. The number of aromatic nitrogens is 5. The number of piperazine rings is 1. The molecule has 0 unspecified atom stereocenters. The van der Waals surface area contributed by atoms with Crippen LogP contribution in [-0.4, -0.2) is 77.4 Å². The molecule has 2 fully saturated rings. The fourth-order valence-electron chi connectivity index (χ4n) is 6.16. The average Bonchev–Trinajstić information content (AvgIpc) is 3.60. The molecule has 1 aromatic carbocycles. The molecule has 236 valence electrons. The van der Waals surface area contributed by atoms with Gasteiger partial charge in [-0.2, -0.15) is 4.98 Å². The van der Waals surface area contributed by atoms with Gasteiger partial charge in [-0.05, 0) is 50.1 Å². The van der Waals surface area contributed by atoms with Crippen molar-refractivity contribution in [2.75, 3.05) is 41.6 Å². The van der Waals surface area contributed by atoms with E-state index < -0.39 is 22.0 Å². The highest BCUT2D eigenvalue weighted by Crippen LogP contribution is 2.37. The number of amides is 1. The Morgan fingerprint density at radius 2 is 1.84 bits per heavy atom. The van der Waals surface area contributed by atoms with Crippen molar-refractivity contribution in [1.29, 1.82) is 0 Å². The lowest BCUT2D eigenvalue weighted by molar-refractivity contribution is 0.0977. The molecule has 3 atom stereocenters. The van der Waals surface area contributed by atoms with Gasteiger partial charge >= 0.3 is 6.01 Å². The topological polar surface area (TPSA) is 165 Å². The Balaban J connectivity index is 1.34. The number of benzene rings is 1. The van der Waals surface area contributed by atoms with Gasteiger partial charge in [0.15, 0.2) is 5.69 Å². The molecule has 0 saturated carbocycles. The third-order valence-electron chi connectivity index (χ3n) is 8.12. The number of hydrogen-bond acceptors (Lipinski definition) is 12. The standard InChI is InChI=1S/C29H32ClN9O5S/c1-15-10-19(16(2)32-21-6-7-22(30)33-25(21)26(40)36-45(5,42)43)24-20(11-15)27(41)37(3)29(35-24)39-14-17-12-18(39)13-38(17)23-8-9-31-28(34-23)44-4/h6-11,16-18,32H,12-14H2,1-5H3,(H,36,40)/t16-,17+,18+/m1/s1. The molecule has 2 N–H and O–H groups in total. The summed E-state index contributed by atoms with van der Waals surface area (Å²) in [5.41, 5.74) is 2.03. The van der Waals surface area contributed by atoms with E-state index in [0.717, 1.165) is 29.6 Å². The molecule has 1 amide bonds. The van der Waals surface area contributed by atoms with Crippen LogP contribution in [0, 0.1) is 6.92 Å². The summed E-state index contributed by atoms with van der Waals surface area (Å²) < 4.78 is 32.2. The van der Waals surface area contributed by atoms with Crippen LogP contribution < -0.4 is 30.1 Å². The fraction of sp³-hybridized carbons (Fsp3) is 0.379. The predicted octanol–water partition coefficient (Wildman–Crippen LogP) is 2.42. The minimum Gasteiger partial charge on any atom is -0.467 e. The number of carbonyl (C=O) groups excluding carboxylic acids is 1. The lowest BCUT2D eigenvalue weighted by atomic mass is 10.0. The van der Waals surface area contributed by atoms with Crippen molar-refractivity contribution in [1.82, 2.24) is 29.2 Å². The Hall–Kier alpha value is -4.50. The molecule has 0 spiro atoms. The van der Waals surface area contributed by atoms with Crippen molar-refractivity contribution in [3.8, 4) is 6.01 Å². The first-order valence-electron chi connectivity index (χ1n) is 14.2. The Kier molecular flexibility index (Phi) is 7.77. The first-order valence-corrected chi connectivity index (χ1v) is 16.5. The maximum absolute atomic E-state index is 13.8. The second-order valence-electron chi connectivity index (χ2n) is 11.4. The molecule has 4 aromatic rings. The summed E-state index contributed by atoms with van der Waals surface area (Å²) in [5, 5.41) is 3.75. The van der Waals surface area contributed by atoms with Crippen LogP contribution in [0.3, 0.4) is 0 Å². The number of sulfonamides is 1. The van der Waals surface area contributed by atoms with Crippen molar-refractivity contribution in [2.24, 2.45) is 7.05 Å². The number of nitrogens with one attached hydrogen (secondary N) is 2. The molecular weight excluding hydrogens is 622 g/mol. The molecule has 0 radical (unpaired) electrons. The zero-order valence-electron chi connectivity index (χ0n) is 25.3. The Morgan fingerprint density at radius 3 is 2.53 bits per heavy atom. The Labute approximate surface area is 264 Å². The second kappa shape index (κ2) is 11.5. The summed E-state index contributed by atoms with van der Waals surface area (Å²) >= 11 is 6.05. The highest BCUT2D eigenvalue weighted by atomic mass is 35.5. The van der Waals surface area contributed by atoms with E-state index in [-0.39, 0.29) is 34.2 Å². The summed E-state index contributed by atoms with van der Waals surface area (Å²) in [5.74, 6) is 0.448. The number of carbonyl (C=O) groups is 1. The van der Waals surface area contributed by atoms with E-state index in [1.165, 1.54) is 13.2 Å². The summed E-state index contributed by atoms with van der Waals surface area (Å²) in [4.78, 5) is 48.7. The summed E-state index contributed by atoms with van der Waals surface area (Å²) in [6.07, 6.45) is 3.45. The van der Waals surface area contributed by atoms with Gasteiger partial charge in [0, 0.05) is 31.9 Å². The summed E-state index contributed by atoms with van der Waals surface area (Å²) in [6.45, 7) is 5.13. The van der Waals surface area contributed by atoms with Crippen molar-refractivity contribution in [3.05, 3.63) is 68.9 Å². The highest BCUT2D eigenvalue weighted by Gasteiger charge is 2.45. The van der Waals surface area contributed by atoms with Crippen LogP contribution in [0.2, 0.25) is 5.15 Å². The van der Waals surface area contributed by atoms with Gasteiger partial charge in [0.1, 0.15) is 11.0 Å². The first-order chi connectivity index (χ1) is 21.3. The summed E-state index contributed by atoms with van der Waals surface area (Å²) in [7, 11) is -0.568. The molecule has 3 aromatic heterocycles. The van der Waals surface area contributed by atoms with Crippen molar-refractivity contribution in [2.45, 2.75) is 38.4 Å². The lowest BCUT2D eigenvalue weighted by Gasteiger charge is -2.36. The third-order valence-corrected chi connectivity index (χ3v) is 8.88. The average molecular weight is 654 g/mol. The molecule has 0 aliphatic carbocycles. The highest BCUT2D eigenvalue weighted by molar-refractivity contribution is 7.89. The van der Waals surface area contributed by atoms with Gasteiger partial charge in [-0.3, -0.25) is 14.2 Å². The van der Waals surface area contributed by atoms with Crippen molar-refractivity contribution < 1.29 is 17.9 Å². The number of ether oxygens (including phenoxy) is 1. The van der Waals surface area contributed by atoms with E-state index in [1.807, 2.05) is 36.8 Å². The molecule has 2 bridgehead atoms. The maximum Gasteiger partial charge on any atom is 0.318 e. The van der Waals surface area contributed by atoms with Crippen LogP contribution in [0.15, 0.2) is 41.3 Å². The van der Waals surface area contributed by atoms with Crippen LogP contribution in [0.5, 0.6) is 6.01 Å². The molecule has 14 nitrogen and oxygen atoms in total. The molecule has 2 aliphatic rings. The maximum atomic E-state index is 13.8. The van der Waals surface area contributed by atoms with Gasteiger partial charge < -0.3 is 19.9 Å². The number of halogens is 1. The summed E-state index contributed by atoms with van der Waals surface area (Å²) in [6, 6.07) is 8.82. The van der Waals surface area contributed by atoms with E-state index in [4.69, 9.17) is 21.3 Å². The van der Waals surface area contributed by atoms with E-state index >= 15 is 0 Å². The van der Waals surface area contributed by atoms with E-state index in [0.29, 0.717) is 36.0 Å². The van der Waals surface area contributed by atoms with E-state index in [1.54, 1.807) is 23.9 Å². The number of hydrogen-bond donors (Lipinski definition) is 2. The van der Waals surface area contributed by atoms with Crippen LogP contribution in [0.4, 0.5) is 17.5 Å². The lowest BCUT2D eigenvalue weighted by Crippen LogP contribution is -2.48. The smallest absolute Gasteiger partial charge is 0.318 e. The van der Waals surface area contributed by atoms with Gasteiger partial charge in [-0.15, -0.1) is 0 Å². The fourth-order valence-corrected chi connectivity index (χ4v) is 6.74. The molecule has 2 saturated heterocycles. The molecule has 2 aliphatic heterocycles. The van der Waals surface area contributed by atoms with Gasteiger partial charge in [-0.25, -0.2) is 28.1 Å². The van der Waals surface area contributed by atoms with Crippen LogP contribution in [0.25, 0.3) is 10.9 Å². The number of methoxy groups -OCH3 is 1. The minimum atomic E-state index is -3.84. The number of aryl methyl sites for hydroxylation is 1. The normalized spacial score (nSPS) is 18.4. The van der Waals surface area contributed by atoms with Crippen LogP contribution in [0.1, 0.15) is 41.0 Å². The van der Waals surface area contributed by atoms with Gasteiger partial charge in [0.25, 0.3) is 11.5 Å². The number of nitrogens with zero attached hydrogens (tertiary/aromatic N) is 7. The van der Waals surface area contributed by atoms with E-state index in [9.17, 15) is 18.0 Å². The zero-order valence-corrected chi connectivity index (χ0v) is 26.8. The van der Waals surface area contributed by atoms with Crippen molar-refractivity contribution >= 4 is 55.9 Å². The third kappa shape index (κ3) is 5.84. The molecule has 45 heavy (non-hydrogen) atoms. The molecule has 6 rings (SSSR count). The second-order valence-corrected chi connectivity index (χ2v) is 13.5. The number of rotatable bonds is 8. The zero-order chi connectivity index (χ0) is 32.2. The Bertz CT molecular complexity index is 2000. The van der Waals surface area contributed by atoms with Crippen LogP contribution >= 0.6 is 11.6 Å². The quantitative estimate of drug-likeness (QED) is 0.267. The molecular formula is C29H32ClN9O5S. The first kappa shape index (κ1) is 30.5. The van der Waals surface area contributed by atoms with Crippen molar-refractivity contribution in [3.63, 3.8) is 0 Å². The number of pyridine rings is 1. The van der Waals surface area contributed by atoms with Crippen LogP contribution in [-0.2, 0) is 17.1 Å². The van der Waals surface area contributed by atoms with Gasteiger partial charge in [0.2, 0.25) is 16.0 Å². The van der Waals surface area contributed by atoms with Gasteiger partial charge in [-0.1, -0.05) is 17.7 Å². The predicted molar refractivity (Wildman–Crippen MR) is 171 cm³/mol. The minimum absolute atomic E-state index is 0.0278. The largest absolute Gasteiger partial charge is 0.467 e. The number of anilines is 3. The molecule has 16 heteroatoms. The monoisotopic (exact) mass is 653 g/mol.